The minimum Gasteiger partial charge on any atom is -0.313 e. The average Bonchev–Trinajstić information content (AvgIpc) is 2.03. The number of nitriles is 1. The Bertz CT molecular complexity index is 115. The van der Waals surface area contributed by atoms with Gasteiger partial charge in [-0.05, 0) is 12.8 Å². The van der Waals surface area contributed by atoms with Crippen molar-refractivity contribution in [1.82, 2.24) is 5.32 Å². The van der Waals surface area contributed by atoms with E-state index in [2.05, 4.69) is 25.2 Å². The summed E-state index contributed by atoms with van der Waals surface area (Å²) in [5.41, 5.74) is 0. The van der Waals surface area contributed by atoms with Crippen LogP contribution in [0.1, 0.15) is 39.5 Å². The second-order valence-corrected chi connectivity index (χ2v) is 2.76. The van der Waals surface area contributed by atoms with E-state index in [-0.39, 0.29) is 0 Å². The second-order valence-electron chi connectivity index (χ2n) is 2.76. The van der Waals surface area contributed by atoms with Gasteiger partial charge in [0.2, 0.25) is 0 Å². The number of rotatable bonds is 6. The van der Waals surface area contributed by atoms with Crippen LogP contribution in [-0.4, -0.2) is 12.6 Å². The summed E-state index contributed by atoms with van der Waals surface area (Å²) in [5, 5.41) is 11.6. The van der Waals surface area contributed by atoms with Crippen molar-refractivity contribution >= 4 is 0 Å². The van der Waals surface area contributed by atoms with Crippen LogP contribution >= 0.6 is 0 Å². The van der Waals surface area contributed by atoms with E-state index in [0.717, 1.165) is 6.54 Å². The van der Waals surface area contributed by atoms with E-state index in [4.69, 9.17) is 5.26 Å². The quantitative estimate of drug-likeness (QED) is 0.594. The lowest BCUT2D eigenvalue weighted by Crippen LogP contribution is -2.28. The molecule has 0 aromatic carbocycles. The number of nitrogens with zero attached hydrogens (tertiary/aromatic N) is 1. The van der Waals surface area contributed by atoms with Gasteiger partial charge in [0.1, 0.15) is 0 Å². The highest BCUT2D eigenvalue weighted by Crippen LogP contribution is 1.99. The zero-order valence-electron chi connectivity index (χ0n) is 7.56. The molecule has 0 saturated carbocycles. The van der Waals surface area contributed by atoms with E-state index in [1.165, 1.54) is 19.3 Å². The summed E-state index contributed by atoms with van der Waals surface area (Å²) in [5.74, 6) is 0. The Balaban J connectivity index is 3.29. The van der Waals surface area contributed by atoms with Gasteiger partial charge in [-0.25, -0.2) is 0 Å². The van der Waals surface area contributed by atoms with Gasteiger partial charge in [-0.1, -0.05) is 20.3 Å². The fourth-order valence-electron chi connectivity index (χ4n) is 1.13. The fourth-order valence-corrected chi connectivity index (χ4v) is 1.13. The molecule has 64 valence electrons. The predicted octanol–water partition coefficient (Wildman–Crippen LogP) is 2.07. The Morgan fingerprint density at radius 1 is 1.45 bits per heavy atom. The molecule has 0 rings (SSSR count). The highest BCUT2D eigenvalue weighted by atomic mass is 14.9. The highest BCUT2D eigenvalue weighted by molar-refractivity contribution is 4.72. The third kappa shape index (κ3) is 5.87. The first-order valence-electron chi connectivity index (χ1n) is 4.45. The maximum absolute atomic E-state index is 8.29. The second kappa shape index (κ2) is 7.56. The molecule has 1 atom stereocenters. The van der Waals surface area contributed by atoms with Gasteiger partial charge in [0.05, 0.1) is 6.07 Å². The summed E-state index contributed by atoms with van der Waals surface area (Å²) in [7, 11) is 0. The minimum atomic E-state index is 0.619. The maximum Gasteiger partial charge on any atom is 0.0635 e. The predicted molar refractivity (Wildman–Crippen MR) is 47.2 cm³/mol. The van der Waals surface area contributed by atoms with Gasteiger partial charge >= 0.3 is 0 Å². The zero-order chi connectivity index (χ0) is 8.53. The van der Waals surface area contributed by atoms with Crippen LogP contribution in [0.5, 0.6) is 0 Å². The maximum atomic E-state index is 8.29. The van der Waals surface area contributed by atoms with Gasteiger partial charge in [-0.15, -0.1) is 0 Å². The zero-order valence-corrected chi connectivity index (χ0v) is 7.56. The smallest absolute Gasteiger partial charge is 0.0635 e. The van der Waals surface area contributed by atoms with Crippen molar-refractivity contribution in [2.45, 2.75) is 45.6 Å². The molecule has 0 fully saturated rings. The SMILES string of the molecule is CCCC(CC)NCCC#N. The molecule has 0 bridgehead atoms. The Labute approximate surface area is 69.6 Å². The molecule has 0 saturated heterocycles. The molecule has 0 amide bonds. The van der Waals surface area contributed by atoms with Gasteiger partial charge in [-0.3, -0.25) is 0 Å². The van der Waals surface area contributed by atoms with Crippen molar-refractivity contribution in [3.63, 3.8) is 0 Å². The van der Waals surface area contributed by atoms with Gasteiger partial charge in [-0.2, -0.15) is 5.26 Å². The van der Waals surface area contributed by atoms with Crippen LogP contribution in [0.3, 0.4) is 0 Å². The van der Waals surface area contributed by atoms with Crippen molar-refractivity contribution in [1.29, 1.82) is 5.26 Å². The van der Waals surface area contributed by atoms with Gasteiger partial charge < -0.3 is 5.32 Å². The van der Waals surface area contributed by atoms with Crippen LogP contribution in [-0.2, 0) is 0 Å². The Kier molecular flexibility index (Phi) is 7.18. The van der Waals surface area contributed by atoms with Crippen LogP contribution in [0.25, 0.3) is 0 Å². The minimum absolute atomic E-state index is 0.619. The van der Waals surface area contributed by atoms with E-state index < -0.39 is 0 Å². The van der Waals surface area contributed by atoms with Crippen molar-refractivity contribution in [3.05, 3.63) is 0 Å². The summed E-state index contributed by atoms with van der Waals surface area (Å²) in [6, 6.07) is 2.75. The molecule has 1 N–H and O–H groups in total. The van der Waals surface area contributed by atoms with Crippen LogP contribution in [0.2, 0.25) is 0 Å². The Hall–Kier alpha value is -0.550. The molecule has 11 heavy (non-hydrogen) atoms. The third-order valence-electron chi connectivity index (χ3n) is 1.80. The molecule has 2 heteroatoms. The lowest BCUT2D eigenvalue weighted by molar-refractivity contribution is 0.469. The molecule has 0 spiro atoms. The summed E-state index contributed by atoms with van der Waals surface area (Å²) < 4.78 is 0. The summed E-state index contributed by atoms with van der Waals surface area (Å²) in [6.45, 7) is 5.21. The summed E-state index contributed by atoms with van der Waals surface area (Å²) >= 11 is 0. The molecular weight excluding hydrogens is 136 g/mol. The van der Waals surface area contributed by atoms with Crippen molar-refractivity contribution in [3.8, 4) is 6.07 Å². The number of hydrogen-bond acceptors (Lipinski definition) is 2. The molecule has 1 unspecified atom stereocenters. The van der Waals surface area contributed by atoms with Crippen molar-refractivity contribution in [2.24, 2.45) is 0 Å². The first-order chi connectivity index (χ1) is 5.35. The summed E-state index contributed by atoms with van der Waals surface area (Å²) in [4.78, 5) is 0. The monoisotopic (exact) mass is 154 g/mol. The molecule has 0 aromatic heterocycles. The first-order valence-corrected chi connectivity index (χ1v) is 4.45. The lowest BCUT2D eigenvalue weighted by Gasteiger charge is -2.14. The molecule has 0 aliphatic rings. The molecule has 0 aliphatic heterocycles. The van der Waals surface area contributed by atoms with Crippen molar-refractivity contribution in [2.75, 3.05) is 6.54 Å². The highest BCUT2D eigenvalue weighted by Gasteiger charge is 2.01. The van der Waals surface area contributed by atoms with Gasteiger partial charge in [0.15, 0.2) is 0 Å². The summed E-state index contributed by atoms with van der Waals surface area (Å²) in [6.07, 6.45) is 4.24. The molecule has 2 nitrogen and oxygen atoms in total. The van der Waals surface area contributed by atoms with E-state index in [9.17, 15) is 0 Å². The topological polar surface area (TPSA) is 35.8 Å². The average molecular weight is 154 g/mol. The Morgan fingerprint density at radius 3 is 2.64 bits per heavy atom. The number of hydrogen-bond donors (Lipinski definition) is 1. The third-order valence-corrected chi connectivity index (χ3v) is 1.80. The van der Waals surface area contributed by atoms with Crippen LogP contribution in [0.15, 0.2) is 0 Å². The van der Waals surface area contributed by atoms with Crippen molar-refractivity contribution < 1.29 is 0 Å². The molecule has 0 aliphatic carbocycles. The number of nitrogens with one attached hydrogen (secondary N) is 1. The molecule has 0 heterocycles. The largest absolute Gasteiger partial charge is 0.313 e. The van der Waals surface area contributed by atoms with Gasteiger partial charge in [0.25, 0.3) is 0 Å². The molecule has 0 radical (unpaired) electrons. The first kappa shape index (κ1) is 10.4. The van der Waals surface area contributed by atoms with E-state index in [1.807, 2.05) is 0 Å². The van der Waals surface area contributed by atoms with E-state index in [0.29, 0.717) is 12.5 Å². The standard InChI is InChI=1S/C9H18N2/c1-3-6-9(4-2)11-8-5-7-10/h9,11H,3-6,8H2,1-2H3. The Morgan fingerprint density at radius 2 is 2.18 bits per heavy atom. The van der Waals surface area contributed by atoms with Gasteiger partial charge in [0, 0.05) is 19.0 Å². The van der Waals surface area contributed by atoms with Crippen LogP contribution < -0.4 is 5.32 Å². The van der Waals surface area contributed by atoms with E-state index >= 15 is 0 Å². The van der Waals surface area contributed by atoms with Crippen LogP contribution in [0.4, 0.5) is 0 Å². The lowest BCUT2D eigenvalue weighted by atomic mass is 10.1. The molecular formula is C9H18N2. The van der Waals surface area contributed by atoms with E-state index in [1.54, 1.807) is 0 Å². The van der Waals surface area contributed by atoms with Crippen LogP contribution in [0, 0.1) is 11.3 Å². The fraction of sp³-hybridized carbons (Fsp3) is 0.889. The molecule has 0 aromatic rings. The normalized spacial score (nSPS) is 12.5.